The van der Waals surface area contributed by atoms with E-state index < -0.39 is 38.9 Å². The molecule has 0 atom stereocenters. The van der Waals surface area contributed by atoms with Crippen molar-refractivity contribution in [3.8, 4) is 17.1 Å². The molecule has 1 aromatic heterocycles. The van der Waals surface area contributed by atoms with E-state index in [1.54, 1.807) is 24.3 Å². The summed E-state index contributed by atoms with van der Waals surface area (Å²) in [4.78, 5) is 15.7. The van der Waals surface area contributed by atoms with Crippen molar-refractivity contribution in [2.45, 2.75) is 11.5 Å². The summed E-state index contributed by atoms with van der Waals surface area (Å²) < 4.78 is 51.5. The van der Waals surface area contributed by atoms with Gasteiger partial charge in [0, 0.05) is 5.56 Å². The van der Waals surface area contributed by atoms with Crippen LogP contribution in [0.4, 0.5) is 4.39 Å². The molecule has 9 nitrogen and oxygen atoms in total. The van der Waals surface area contributed by atoms with Crippen molar-refractivity contribution in [1.29, 1.82) is 0 Å². The summed E-state index contributed by atoms with van der Waals surface area (Å²) in [6.45, 7) is -0.436. The Hall–Kier alpha value is -3.31. The second-order valence-electron chi connectivity index (χ2n) is 5.51. The monoisotopic (exact) mass is 407 g/mol. The summed E-state index contributed by atoms with van der Waals surface area (Å²) in [6.07, 6.45) is 0. The van der Waals surface area contributed by atoms with Crippen LogP contribution in [0.2, 0.25) is 0 Å². The van der Waals surface area contributed by atoms with E-state index in [0.29, 0.717) is 11.3 Å². The number of hydrogen-bond donors (Lipinski definition) is 1. The Kier molecular flexibility index (Phi) is 5.38. The van der Waals surface area contributed by atoms with E-state index in [4.69, 9.17) is 19.1 Å². The van der Waals surface area contributed by atoms with Crippen LogP contribution in [-0.2, 0) is 21.4 Å². The molecule has 0 aliphatic carbocycles. The zero-order chi connectivity index (χ0) is 20.3. The van der Waals surface area contributed by atoms with Crippen molar-refractivity contribution in [1.82, 2.24) is 10.1 Å². The van der Waals surface area contributed by atoms with Gasteiger partial charge in [-0.05, 0) is 30.3 Å². The Morgan fingerprint density at radius 3 is 2.75 bits per heavy atom. The van der Waals surface area contributed by atoms with Crippen molar-refractivity contribution < 1.29 is 31.6 Å². The summed E-state index contributed by atoms with van der Waals surface area (Å²) in [6, 6.07) is 9.46. The van der Waals surface area contributed by atoms with Crippen molar-refractivity contribution in [2.24, 2.45) is 5.14 Å². The van der Waals surface area contributed by atoms with E-state index in [0.717, 1.165) is 18.2 Å². The fourth-order valence-corrected chi connectivity index (χ4v) is 2.78. The van der Waals surface area contributed by atoms with E-state index in [1.165, 1.54) is 7.11 Å². The molecule has 0 aliphatic heterocycles. The largest absolute Gasteiger partial charge is 0.497 e. The number of nitrogens with two attached hydrogens (primary N) is 1. The van der Waals surface area contributed by atoms with Crippen molar-refractivity contribution in [3.05, 3.63) is 59.7 Å². The molecule has 0 unspecified atom stereocenters. The number of nitrogens with zero attached hydrogens (tertiary/aromatic N) is 2. The van der Waals surface area contributed by atoms with Crippen LogP contribution in [0.5, 0.6) is 5.75 Å². The summed E-state index contributed by atoms with van der Waals surface area (Å²) in [5, 5.41) is 8.75. The van der Waals surface area contributed by atoms with Gasteiger partial charge in [-0.3, -0.25) is 0 Å². The number of carbonyl (C=O) groups is 1. The third-order valence-corrected chi connectivity index (χ3v) is 4.52. The Balaban J connectivity index is 1.73. The maximum Gasteiger partial charge on any atom is 0.341 e. The first-order chi connectivity index (χ1) is 13.3. The molecule has 3 rings (SSSR count). The number of halogens is 1. The Morgan fingerprint density at radius 2 is 2.04 bits per heavy atom. The van der Waals surface area contributed by atoms with Crippen LogP contribution >= 0.6 is 0 Å². The van der Waals surface area contributed by atoms with Crippen LogP contribution in [0.1, 0.15) is 16.2 Å². The standard InChI is InChI=1S/C17H14FN3O6S/c1-25-11-4-2-3-10(7-11)16-20-15(27-21-16)9-26-17(22)13-8-12(28(19,23)24)5-6-14(13)18/h2-8H,9H2,1H3,(H2,19,23,24). The Morgan fingerprint density at radius 1 is 1.25 bits per heavy atom. The van der Waals surface area contributed by atoms with Gasteiger partial charge in [-0.25, -0.2) is 22.7 Å². The van der Waals surface area contributed by atoms with Crippen LogP contribution < -0.4 is 9.88 Å². The van der Waals surface area contributed by atoms with E-state index in [2.05, 4.69) is 10.1 Å². The summed E-state index contributed by atoms with van der Waals surface area (Å²) in [5.74, 6) is -1.26. The number of benzene rings is 2. The lowest BCUT2D eigenvalue weighted by Gasteiger charge is -2.05. The molecule has 0 fully saturated rings. The molecule has 2 aromatic carbocycles. The molecule has 0 radical (unpaired) electrons. The quantitative estimate of drug-likeness (QED) is 0.612. The molecular weight excluding hydrogens is 393 g/mol. The number of primary sulfonamides is 1. The average molecular weight is 407 g/mol. The van der Waals surface area contributed by atoms with Gasteiger partial charge < -0.3 is 14.0 Å². The lowest BCUT2D eigenvalue weighted by atomic mass is 10.2. The number of ether oxygens (including phenoxy) is 2. The molecule has 11 heteroatoms. The molecule has 0 aliphatic rings. The van der Waals surface area contributed by atoms with Crippen LogP contribution in [0.15, 0.2) is 51.9 Å². The minimum atomic E-state index is -4.10. The number of hydrogen-bond acceptors (Lipinski definition) is 8. The fourth-order valence-electron chi connectivity index (χ4n) is 2.24. The van der Waals surface area contributed by atoms with Crippen LogP contribution in [-0.4, -0.2) is 31.6 Å². The number of aromatic nitrogens is 2. The minimum Gasteiger partial charge on any atom is -0.497 e. The van der Waals surface area contributed by atoms with Crippen molar-refractivity contribution >= 4 is 16.0 Å². The number of carbonyl (C=O) groups excluding carboxylic acids is 1. The van der Waals surface area contributed by atoms with Gasteiger partial charge in [0.15, 0.2) is 6.61 Å². The highest BCUT2D eigenvalue weighted by Crippen LogP contribution is 2.21. The normalized spacial score (nSPS) is 11.2. The molecule has 0 spiro atoms. The zero-order valence-corrected chi connectivity index (χ0v) is 15.3. The van der Waals surface area contributed by atoms with Gasteiger partial charge in [0.2, 0.25) is 15.8 Å². The lowest BCUT2D eigenvalue weighted by molar-refractivity contribution is 0.0424. The Bertz CT molecular complexity index is 1130. The van der Waals surface area contributed by atoms with Crippen molar-refractivity contribution in [3.63, 3.8) is 0 Å². The number of methoxy groups -OCH3 is 1. The van der Waals surface area contributed by atoms with Crippen molar-refractivity contribution in [2.75, 3.05) is 7.11 Å². The van der Waals surface area contributed by atoms with Gasteiger partial charge in [0.1, 0.15) is 11.6 Å². The fraction of sp³-hybridized carbons (Fsp3) is 0.118. The van der Waals surface area contributed by atoms with Gasteiger partial charge in [0.05, 0.1) is 17.6 Å². The van der Waals surface area contributed by atoms with Crippen LogP contribution in [0.3, 0.4) is 0 Å². The number of rotatable bonds is 6. The van der Waals surface area contributed by atoms with E-state index >= 15 is 0 Å². The van der Waals surface area contributed by atoms with E-state index in [1.807, 2.05) is 0 Å². The first-order valence-electron chi connectivity index (χ1n) is 7.74. The third kappa shape index (κ3) is 4.32. The molecule has 28 heavy (non-hydrogen) atoms. The maximum atomic E-state index is 13.8. The van der Waals surface area contributed by atoms with Crippen LogP contribution in [0, 0.1) is 5.82 Å². The molecule has 2 N–H and O–H groups in total. The number of sulfonamides is 1. The predicted octanol–water partition coefficient (Wildman–Crippen LogP) is 1.89. The summed E-state index contributed by atoms with van der Waals surface area (Å²) in [5.41, 5.74) is 0.0339. The van der Waals surface area contributed by atoms with E-state index in [-0.39, 0.29) is 11.7 Å². The molecule has 0 bridgehead atoms. The average Bonchev–Trinajstić information content (AvgIpc) is 3.14. The second-order valence-corrected chi connectivity index (χ2v) is 7.07. The van der Waals surface area contributed by atoms with Gasteiger partial charge in [-0.1, -0.05) is 17.3 Å². The predicted molar refractivity (Wildman–Crippen MR) is 93.2 cm³/mol. The topological polar surface area (TPSA) is 135 Å². The highest BCUT2D eigenvalue weighted by atomic mass is 32.2. The second kappa shape index (κ2) is 7.74. The van der Waals surface area contributed by atoms with E-state index in [9.17, 15) is 17.6 Å². The Labute approximate surface area is 158 Å². The third-order valence-electron chi connectivity index (χ3n) is 3.61. The van der Waals surface area contributed by atoms with Gasteiger partial charge in [-0.15, -0.1) is 0 Å². The zero-order valence-electron chi connectivity index (χ0n) is 14.5. The van der Waals surface area contributed by atoms with Gasteiger partial charge >= 0.3 is 5.97 Å². The van der Waals surface area contributed by atoms with Gasteiger partial charge in [0.25, 0.3) is 5.89 Å². The first-order valence-corrected chi connectivity index (χ1v) is 9.29. The lowest BCUT2D eigenvalue weighted by Crippen LogP contribution is -2.14. The molecule has 3 aromatic rings. The molecule has 0 saturated carbocycles. The van der Waals surface area contributed by atoms with Crippen LogP contribution in [0.25, 0.3) is 11.4 Å². The SMILES string of the molecule is COc1cccc(-c2noc(COC(=O)c3cc(S(N)(=O)=O)ccc3F)n2)c1. The molecule has 0 saturated heterocycles. The minimum absolute atomic E-state index is 0.0332. The highest BCUT2D eigenvalue weighted by molar-refractivity contribution is 7.89. The summed E-state index contributed by atoms with van der Waals surface area (Å²) >= 11 is 0. The molecule has 0 amide bonds. The highest BCUT2D eigenvalue weighted by Gasteiger charge is 2.19. The molecule has 1 heterocycles. The first kappa shape index (κ1) is 19.5. The van der Waals surface area contributed by atoms with Gasteiger partial charge in [-0.2, -0.15) is 4.98 Å². The molecular formula is C17H14FN3O6S. The maximum absolute atomic E-state index is 13.8. The smallest absolute Gasteiger partial charge is 0.341 e. The number of esters is 1. The summed E-state index contributed by atoms with van der Waals surface area (Å²) in [7, 11) is -2.58. The molecule has 146 valence electrons.